The lowest BCUT2D eigenvalue weighted by Crippen LogP contribution is -2.44. The van der Waals surface area contributed by atoms with Crippen molar-refractivity contribution in [3.63, 3.8) is 0 Å². The Bertz CT molecular complexity index is 1020. The third-order valence-electron chi connectivity index (χ3n) is 5.75. The van der Waals surface area contributed by atoms with Gasteiger partial charge in [-0.15, -0.1) is 10.2 Å². The molecule has 1 aliphatic rings. The van der Waals surface area contributed by atoms with Gasteiger partial charge in [0.25, 0.3) is 0 Å². The van der Waals surface area contributed by atoms with Crippen LogP contribution in [0.2, 0.25) is 0 Å². The Morgan fingerprint density at radius 1 is 0.812 bits per heavy atom. The van der Waals surface area contributed by atoms with E-state index in [-0.39, 0.29) is 6.03 Å². The fourth-order valence-electron chi connectivity index (χ4n) is 3.65. The summed E-state index contributed by atoms with van der Waals surface area (Å²) in [5.41, 5.74) is 4.49. The SMILES string of the molecule is CC(C)c1ccc(NC(=O)Nc2ccc(-c3ccc(N4CCN(C)CC4)nn3)cc2)cc1. The number of likely N-dealkylation sites (N-methyl/N-ethyl adjacent to an activating group) is 1. The third kappa shape index (κ3) is 5.42. The number of anilines is 3. The van der Waals surface area contributed by atoms with Gasteiger partial charge in [-0.2, -0.15) is 0 Å². The molecule has 0 radical (unpaired) electrons. The van der Waals surface area contributed by atoms with E-state index >= 15 is 0 Å². The Labute approximate surface area is 189 Å². The maximum absolute atomic E-state index is 12.3. The monoisotopic (exact) mass is 430 g/mol. The average molecular weight is 431 g/mol. The van der Waals surface area contributed by atoms with Crippen LogP contribution in [0.4, 0.5) is 22.0 Å². The number of urea groups is 1. The van der Waals surface area contributed by atoms with Crippen molar-refractivity contribution in [2.45, 2.75) is 19.8 Å². The lowest BCUT2D eigenvalue weighted by molar-refractivity contribution is 0.262. The summed E-state index contributed by atoms with van der Waals surface area (Å²) in [5.74, 6) is 1.38. The highest BCUT2D eigenvalue weighted by atomic mass is 16.2. The van der Waals surface area contributed by atoms with Gasteiger partial charge >= 0.3 is 6.03 Å². The molecule has 7 heteroatoms. The molecule has 1 aromatic heterocycles. The maximum atomic E-state index is 12.3. The number of amides is 2. The second kappa shape index (κ2) is 9.78. The summed E-state index contributed by atoms with van der Waals surface area (Å²) in [6.45, 7) is 8.30. The van der Waals surface area contributed by atoms with Crippen LogP contribution in [0, 0.1) is 0 Å². The maximum Gasteiger partial charge on any atom is 0.323 e. The van der Waals surface area contributed by atoms with E-state index in [1.165, 1.54) is 5.56 Å². The molecule has 32 heavy (non-hydrogen) atoms. The van der Waals surface area contributed by atoms with E-state index in [9.17, 15) is 4.79 Å². The largest absolute Gasteiger partial charge is 0.353 e. The number of hydrogen-bond donors (Lipinski definition) is 2. The molecule has 1 fully saturated rings. The highest BCUT2D eigenvalue weighted by Gasteiger charge is 2.15. The Hall–Kier alpha value is -3.45. The molecule has 0 spiro atoms. The van der Waals surface area contributed by atoms with Gasteiger partial charge in [0.05, 0.1) is 5.69 Å². The number of nitrogens with zero attached hydrogens (tertiary/aromatic N) is 4. The first kappa shape index (κ1) is 21.8. The second-order valence-electron chi connectivity index (χ2n) is 8.50. The number of hydrogen-bond acceptors (Lipinski definition) is 5. The van der Waals surface area contributed by atoms with Crippen molar-refractivity contribution in [2.24, 2.45) is 0 Å². The minimum Gasteiger partial charge on any atom is -0.353 e. The topological polar surface area (TPSA) is 73.4 Å². The van der Waals surface area contributed by atoms with Crippen molar-refractivity contribution < 1.29 is 4.79 Å². The summed E-state index contributed by atoms with van der Waals surface area (Å²) in [7, 11) is 2.14. The van der Waals surface area contributed by atoms with Gasteiger partial charge in [0.15, 0.2) is 5.82 Å². The molecule has 4 rings (SSSR count). The number of benzene rings is 2. The highest BCUT2D eigenvalue weighted by Crippen LogP contribution is 2.22. The lowest BCUT2D eigenvalue weighted by atomic mass is 10.0. The zero-order valence-corrected chi connectivity index (χ0v) is 18.9. The van der Waals surface area contributed by atoms with Gasteiger partial charge in [-0.1, -0.05) is 38.1 Å². The molecule has 1 aliphatic heterocycles. The Morgan fingerprint density at radius 3 is 1.94 bits per heavy atom. The van der Waals surface area contributed by atoms with Gasteiger partial charge in [-0.25, -0.2) is 4.79 Å². The smallest absolute Gasteiger partial charge is 0.323 e. The van der Waals surface area contributed by atoms with Crippen molar-refractivity contribution in [3.8, 4) is 11.3 Å². The van der Waals surface area contributed by atoms with E-state index in [4.69, 9.17) is 0 Å². The molecule has 0 atom stereocenters. The van der Waals surface area contributed by atoms with Crippen LogP contribution >= 0.6 is 0 Å². The number of carbonyl (C=O) groups is 1. The molecular weight excluding hydrogens is 400 g/mol. The Balaban J connectivity index is 1.34. The van der Waals surface area contributed by atoms with E-state index in [0.717, 1.165) is 48.9 Å². The first-order chi connectivity index (χ1) is 15.5. The molecule has 166 valence electrons. The van der Waals surface area contributed by atoms with E-state index < -0.39 is 0 Å². The quantitative estimate of drug-likeness (QED) is 0.616. The van der Waals surface area contributed by atoms with Crippen LogP contribution in [-0.2, 0) is 0 Å². The molecule has 0 saturated carbocycles. The van der Waals surface area contributed by atoms with Gasteiger partial charge in [0.1, 0.15) is 0 Å². The Morgan fingerprint density at radius 2 is 1.41 bits per heavy atom. The minimum atomic E-state index is -0.272. The molecule has 7 nitrogen and oxygen atoms in total. The van der Waals surface area contributed by atoms with Crippen LogP contribution in [0.1, 0.15) is 25.3 Å². The molecule has 0 aliphatic carbocycles. The molecule has 2 aromatic carbocycles. The summed E-state index contributed by atoms with van der Waals surface area (Å²) in [4.78, 5) is 16.9. The summed E-state index contributed by atoms with van der Waals surface area (Å²) >= 11 is 0. The molecule has 2 N–H and O–H groups in total. The molecule has 0 unspecified atom stereocenters. The fourth-order valence-corrected chi connectivity index (χ4v) is 3.65. The van der Waals surface area contributed by atoms with Crippen LogP contribution in [0.5, 0.6) is 0 Å². The van der Waals surface area contributed by atoms with Gasteiger partial charge in [-0.05, 0) is 54.9 Å². The minimum absolute atomic E-state index is 0.272. The molecule has 1 saturated heterocycles. The van der Waals surface area contributed by atoms with E-state index in [1.54, 1.807) is 0 Å². The zero-order valence-electron chi connectivity index (χ0n) is 18.9. The lowest BCUT2D eigenvalue weighted by Gasteiger charge is -2.32. The predicted molar refractivity (Wildman–Crippen MR) is 130 cm³/mol. The number of aromatic nitrogens is 2. The van der Waals surface area contributed by atoms with Crippen LogP contribution in [0.15, 0.2) is 60.7 Å². The molecule has 0 bridgehead atoms. The van der Waals surface area contributed by atoms with Gasteiger partial charge < -0.3 is 20.4 Å². The summed E-state index contributed by atoms with van der Waals surface area (Å²) in [5, 5.41) is 14.5. The molecule has 2 amide bonds. The van der Waals surface area contributed by atoms with E-state index in [1.807, 2.05) is 60.7 Å². The van der Waals surface area contributed by atoms with Crippen molar-refractivity contribution in [1.29, 1.82) is 0 Å². The number of carbonyl (C=O) groups excluding carboxylic acids is 1. The third-order valence-corrected chi connectivity index (χ3v) is 5.75. The highest BCUT2D eigenvalue weighted by molar-refractivity contribution is 5.99. The van der Waals surface area contributed by atoms with Crippen molar-refractivity contribution in [1.82, 2.24) is 15.1 Å². The van der Waals surface area contributed by atoms with Crippen molar-refractivity contribution >= 4 is 23.2 Å². The van der Waals surface area contributed by atoms with Crippen molar-refractivity contribution in [2.75, 3.05) is 48.8 Å². The molecule has 2 heterocycles. The normalized spacial score (nSPS) is 14.4. The standard InChI is InChI=1S/C25H30N6O/c1-18(2)19-4-8-21(9-5-19)26-25(32)27-22-10-6-20(7-11-22)23-12-13-24(29-28-23)31-16-14-30(3)15-17-31/h4-13,18H,14-17H2,1-3H3,(H2,26,27,32). The van der Waals surface area contributed by atoms with Gasteiger partial charge in [0, 0.05) is 43.1 Å². The first-order valence-corrected chi connectivity index (χ1v) is 11.0. The second-order valence-corrected chi connectivity index (χ2v) is 8.50. The first-order valence-electron chi connectivity index (χ1n) is 11.0. The van der Waals surface area contributed by atoms with Crippen molar-refractivity contribution in [3.05, 3.63) is 66.2 Å². The summed E-state index contributed by atoms with van der Waals surface area (Å²) < 4.78 is 0. The zero-order chi connectivity index (χ0) is 22.5. The van der Waals surface area contributed by atoms with Crippen LogP contribution in [0.25, 0.3) is 11.3 Å². The number of rotatable bonds is 5. The van der Waals surface area contributed by atoms with Crippen LogP contribution < -0.4 is 15.5 Å². The number of nitrogens with one attached hydrogen (secondary N) is 2. The van der Waals surface area contributed by atoms with Gasteiger partial charge in [0.2, 0.25) is 0 Å². The average Bonchev–Trinajstić information content (AvgIpc) is 2.80. The van der Waals surface area contributed by atoms with E-state index in [0.29, 0.717) is 11.6 Å². The number of piperazine rings is 1. The van der Waals surface area contributed by atoms with Crippen LogP contribution in [0.3, 0.4) is 0 Å². The summed E-state index contributed by atoms with van der Waals surface area (Å²) in [6, 6.07) is 19.3. The summed E-state index contributed by atoms with van der Waals surface area (Å²) in [6.07, 6.45) is 0. The Kier molecular flexibility index (Phi) is 6.66. The van der Waals surface area contributed by atoms with E-state index in [2.05, 4.69) is 51.5 Å². The molecular formula is C25H30N6O. The molecule has 3 aromatic rings. The van der Waals surface area contributed by atoms with Gasteiger partial charge in [-0.3, -0.25) is 0 Å². The van der Waals surface area contributed by atoms with Crippen LogP contribution in [-0.4, -0.2) is 54.4 Å². The fraction of sp³-hybridized carbons (Fsp3) is 0.320. The predicted octanol–water partition coefficient (Wildman–Crippen LogP) is 4.66.